The van der Waals surface area contributed by atoms with Crippen LogP contribution in [0, 0.1) is 0 Å². The molecule has 7 rings (SSSR count). The molecule has 10 nitrogen and oxygen atoms in total. The first-order valence-corrected chi connectivity index (χ1v) is 16.6. The number of fused-ring (bicyclic) bond motifs is 3. The van der Waals surface area contributed by atoms with Gasteiger partial charge in [-0.1, -0.05) is 6.92 Å². The Morgan fingerprint density at radius 2 is 1.93 bits per heavy atom. The molecule has 1 amide bonds. The normalized spacial score (nSPS) is 23.3. The Labute approximate surface area is 250 Å². The molecule has 4 aliphatic heterocycles. The van der Waals surface area contributed by atoms with E-state index in [9.17, 15) is 26.4 Å². The Morgan fingerprint density at radius 3 is 2.58 bits per heavy atom. The predicted octanol–water partition coefficient (Wildman–Crippen LogP) is 3.71. The van der Waals surface area contributed by atoms with E-state index in [1.807, 2.05) is 19.1 Å². The number of thiophene rings is 1. The maximum Gasteiger partial charge on any atom is 0.420 e. The lowest BCUT2D eigenvalue weighted by Gasteiger charge is -2.54. The van der Waals surface area contributed by atoms with Crippen LogP contribution in [0.1, 0.15) is 34.1 Å². The number of nitrogens with zero attached hydrogens (tertiary/aromatic N) is 4. The number of carbonyl (C=O) groups excluding carboxylic acids is 1. The summed E-state index contributed by atoms with van der Waals surface area (Å²) < 4.78 is 73.8. The van der Waals surface area contributed by atoms with E-state index in [2.05, 4.69) is 31.6 Å². The molecule has 2 unspecified atom stereocenters. The van der Waals surface area contributed by atoms with Crippen LogP contribution in [0.3, 0.4) is 0 Å². The van der Waals surface area contributed by atoms with Gasteiger partial charge >= 0.3 is 6.18 Å². The third-order valence-corrected chi connectivity index (χ3v) is 11.6. The first kappa shape index (κ1) is 28.5. The number of amides is 1. The molecule has 2 N–H and O–H groups in total. The number of hydrogen-bond donors (Lipinski definition) is 2. The second-order valence-corrected chi connectivity index (χ2v) is 14.3. The van der Waals surface area contributed by atoms with Gasteiger partial charge < -0.3 is 25.2 Å². The van der Waals surface area contributed by atoms with Gasteiger partial charge in [-0.25, -0.2) is 18.4 Å². The van der Waals surface area contributed by atoms with Gasteiger partial charge in [0.2, 0.25) is 5.95 Å². The number of aryl methyl sites for hydroxylation is 1. The second kappa shape index (κ2) is 10.4. The van der Waals surface area contributed by atoms with Crippen LogP contribution in [-0.2, 0) is 27.2 Å². The van der Waals surface area contributed by atoms with Crippen LogP contribution < -0.4 is 15.5 Å². The smallest absolute Gasteiger partial charge is 0.377 e. The molecule has 2 bridgehead atoms. The van der Waals surface area contributed by atoms with Crippen molar-refractivity contribution < 1.29 is 31.1 Å². The van der Waals surface area contributed by atoms with E-state index in [-0.39, 0.29) is 52.2 Å². The fraction of sp³-hybridized carbons (Fsp3) is 0.464. The number of halogens is 3. The Morgan fingerprint density at radius 1 is 1.16 bits per heavy atom. The molecule has 3 aromatic rings. The van der Waals surface area contributed by atoms with Crippen LogP contribution in [0.4, 0.5) is 30.5 Å². The van der Waals surface area contributed by atoms with E-state index < -0.39 is 33.2 Å². The topological polar surface area (TPSA) is 117 Å². The first-order valence-electron chi connectivity index (χ1n) is 14.1. The summed E-state index contributed by atoms with van der Waals surface area (Å²) in [5.41, 5.74) is 1.12. The molecule has 0 saturated carbocycles. The highest BCUT2D eigenvalue weighted by Gasteiger charge is 2.42. The summed E-state index contributed by atoms with van der Waals surface area (Å²) in [5.74, 6) is -0.926. The zero-order valence-electron chi connectivity index (χ0n) is 23.1. The summed E-state index contributed by atoms with van der Waals surface area (Å²) in [6.07, 6.45) is -2.29. The number of rotatable bonds is 6. The molecule has 1 aromatic carbocycles. The van der Waals surface area contributed by atoms with Gasteiger partial charge in [-0.15, -0.1) is 11.3 Å². The van der Waals surface area contributed by atoms with Gasteiger partial charge in [-0.05, 0) is 42.7 Å². The van der Waals surface area contributed by atoms with Crippen LogP contribution in [0.15, 0.2) is 35.4 Å². The number of benzene rings is 1. The van der Waals surface area contributed by atoms with Crippen molar-refractivity contribution in [1.29, 1.82) is 0 Å². The molecule has 43 heavy (non-hydrogen) atoms. The Bertz CT molecular complexity index is 1690. The summed E-state index contributed by atoms with van der Waals surface area (Å²) in [4.78, 5) is 25.0. The zero-order valence-corrected chi connectivity index (χ0v) is 24.8. The molecule has 3 saturated heterocycles. The summed E-state index contributed by atoms with van der Waals surface area (Å²) in [6.45, 7) is 4.44. The minimum atomic E-state index is -4.81. The lowest BCUT2D eigenvalue weighted by Crippen LogP contribution is -2.68. The van der Waals surface area contributed by atoms with Crippen molar-refractivity contribution in [1.82, 2.24) is 20.2 Å². The van der Waals surface area contributed by atoms with Crippen molar-refractivity contribution in [3.8, 4) is 10.6 Å². The molecule has 228 valence electrons. The molecular formula is C28H29F3N6O4S2. The van der Waals surface area contributed by atoms with Gasteiger partial charge in [-0.2, -0.15) is 13.2 Å². The standard InChI is InChI=1S/C28H29F3N6O4S2/c1-2-15-7-16(37-17-8-18(37)11-32-10-17)3-4-21(15)34-27-33-12-20(28(29,30)31)24(35-27)22-9-23-25(42-22)26(38)36(19-13-41-14-19)5-6-43(23,39)40/h3-4,7,9,12,17-19,32H,2,5-6,8,10-11,13-14H2,1H3,(H,33,34,35). The minimum Gasteiger partial charge on any atom is -0.377 e. The third kappa shape index (κ3) is 4.95. The van der Waals surface area contributed by atoms with Gasteiger partial charge in [0, 0.05) is 49.3 Å². The fourth-order valence-corrected chi connectivity index (χ4v) is 9.12. The predicted molar refractivity (Wildman–Crippen MR) is 155 cm³/mol. The molecule has 2 aromatic heterocycles. The van der Waals surface area contributed by atoms with Crippen molar-refractivity contribution in [2.75, 3.05) is 48.8 Å². The number of anilines is 3. The Kier molecular flexibility index (Phi) is 6.91. The number of hydrogen-bond acceptors (Lipinski definition) is 10. The van der Waals surface area contributed by atoms with Crippen LogP contribution >= 0.6 is 11.3 Å². The number of sulfone groups is 1. The fourth-order valence-electron chi connectivity index (χ4n) is 6.20. The molecule has 3 fully saturated rings. The maximum absolute atomic E-state index is 14.2. The molecular weight excluding hydrogens is 605 g/mol. The molecule has 0 aliphatic carbocycles. The Balaban J connectivity index is 1.24. The highest BCUT2D eigenvalue weighted by Crippen LogP contribution is 2.43. The third-order valence-electron chi connectivity index (χ3n) is 8.58. The largest absolute Gasteiger partial charge is 0.420 e. The number of alkyl halides is 3. The van der Waals surface area contributed by atoms with Gasteiger partial charge in [0.15, 0.2) is 9.84 Å². The average Bonchev–Trinajstić information content (AvgIpc) is 3.38. The monoisotopic (exact) mass is 634 g/mol. The first-order chi connectivity index (χ1) is 20.5. The van der Waals surface area contributed by atoms with Crippen LogP contribution in [-0.4, -0.2) is 85.9 Å². The number of piperidine rings is 1. The van der Waals surface area contributed by atoms with Crippen LogP contribution in [0.25, 0.3) is 10.6 Å². The minimum absolute atomic E-state index is 0.00415. The lowest BCUT2D eigenvalue weighted by molar-refractivity contribution is -0.137. The van der Waals surface area contributed by atoms with Crippen molar-refractivity contribution >= 4 is 44.4 Å². The van der Waals surface area contributed by atoms with Crippen LogP contribution in [0.2, 0.25) is 0 Å². The summed E-state index contributed by atoms with van der Waals surface area (Å²) in [6, 6.07) is 7.74. The number of nitrogens with one attached hydrogen (secondary N) is 2. The van der Waals surface area contributed by atoms with Crippen molar-refractivity contribution in [2.45, 2.75) is 49.0 Å². The molecule has 2 atom stereocenters. The molecule has 0 radical (unpaired) electrons. The van der Waals surface area contributed by atoms with Crippen molar-refractivity contribution in [2.24, 2.45) is 0 Å². The number of carbonyl (C=O) groups is 1. The highest BCUT2D eigenvalue weighted by molar-refractivity contribution is 7.91. The molecule has 0 spiro atoms. The van der Waals surface area contributed by atoms with E-state index >= 15 is 0 Å². The summed E-state index contributed by atoms with van der Waals surface area (Å²) >= 11 is 0.703. The van der Waals surface area contributed by atoms with Gasteiger partial charge in [-0.3, -0.25) is 4.79 Å². The van der Waals surface area contributed by atoms with E-state index in [4.69, 9.17) is 4.74 Å². The quantitative estimate of drug-likeness (QED) is 0.419. The van der Waals surface area contributed by atoms with E-state index in [1.54, 1.807) is 0 Å². The average molecular weight is 635 g/mol. The molecule has 4 aliphatic rings. The number of ether oxygens (including phenoxy) is 1. The molecule has 15 heteroatoms. The van der Waals surface area contributed by atoms with E-state index in [0.29, 0.717) is 41.7 Å². The van der Waals surface area contributed by atoms with E-state index in [1.165, 1.54) is 4.90 Å². The van der Waals surface area contributed by atoms with Crippen LogP contribution in [0.5, 0.6) is 0 Å². The van der Waals surface area contributed by atoms with Gasteiger partial charge in [0.25, 0.3) is 5.91 Å². The number of aromatic nitrogens is 2. The summed E-state index contributed by atoms with van der Waals surface area (Å²) in [5, 5.41) is 6.50. The Hall–Kier alpha value is -3.27. The van der Waals surface area contributed by atoms with Gasteiger partial charge in [0.05, 0.1) is 40.5 Å². The SMILES string of the molecule is CCc1cc(N2C3CNCC2C3)ccc1Nc1ncc(C(F)(F)F)c(-c2cc3c(s2)C(=O)N(C2COC2)CCS3(=O)=O)n1. The zero-order chi connectivity index (χ0) is 30.1. The highest BCUT2D eigenvalue weighted by atomic mass is 32.2. The molecule has 6 heterocycles. The van der Waals surface area contributed by atoms with Gasteiger partial charge in [0.1, 0.15) is 10.4 Å². The summed E-state index contributed by atoms with van der Waals surface area (Å²) in [7, 11) is -3.92. The van der Waals surface area contributed by atoms with Crippen molar-refractivity contribution in [3.63, 3.8) is 0 Å². The second-order valence-electron chi connectivity index (χ2n) is 11.2. The maximum atomic E-state index is 14.2. The number of piperazine rings is 1. The van der Waals surface area contributed by atoms with E-state index in [0.717, 1.165) is 36.8 Å². The lowest BCUT2D eigenvalue weighted by atomic mass is 9.87. The van der Waals surface area contributed by atoms with Crippen molar-refractivity contribution in [3.05, 3.63) is 46.5 Å².